The number of carbonyl (C=O) groups excluding carboxylic acids is 1. The highest BCUT2D eigenvalue weighted by Crippen LogP contribution is 2.20. The van der Waals surface area contributed by atoms with Crippen molar-refractivity contribution >= 4 is 5.91 Å². The molecule has 0 saturated carbocycles. The lowest BCUT2D eigenvalue weighted by Gasteiger charge is -2.25. The van der Waals surface area contributed by atoms with E-state index < -0.39 is 0 Å². The van der Waals surface area contributed by atoms with Gasteiger partial charge < -0.3 is 15.0 Å². The summed E-state index contributed by atoms with van der Waals surface area (Å²) < 4.78 is 4.99. The third-order valence-electron chi connectivity index (χ3n) is 3.29. The van der Waals surface area contributed by atoms with E-state index in [4.69, 9.17) is 4.74 Å². The Morgan fingerprint density at radius 1 is 1.61 bits per heavy atom. The quantitative estimate of drug-likeness (QED) is 0.648. The Balaban J connectivity index is 1.88. The third-order valence-corrected chi connectivity index (χ3v) is 3.29. The monoisotopic (exact) mass is 254 g/mol. The Bertz CT molecular complexity index is 332. The molecule has 0 radical (unpaired) electrons. The van der Waals surface area contributed by atoms with E-state index in [9.17, 15) is 4.79 Å². The van der Waals surface area contributed by atoms with E-state index in [1.54, 1.807) is 12.0 Å². The molecule has 1 fully saturated rings. The Kier molecular flexibility index (Phi) is 4.57. The second kappa shape index (κ2) is 6.17. The van der Waals surface area contributed by atoms with Crippen LogP contribution in [0.1, 0.15) is 12.8 Å². The van der Waals surface area contributed by atoms with Crippen LogP contribution in [-0.2, 0) is 9.53 Å². The summed E-state index contributed by atoms with van der Waals surface area (Å²) in [5, 5.41) is 5.39. The van der Waals surface area contributed by atoms with Gasteiger partial charge in [0.2, 0.25) is 5.91 Å². The van der Waals surface area contributed by atoms with Crippen molar-refractivity contribution in [2.45, 2.75) is 18.9 Å². The van der Waals surface area contributed by atoms with Gasteiger partial charge in [0, 0.05) is 40.2 Å². The number of hydrazine groups is 1. The van der Waals surface area contributed by atoms with Gasteiger partial charge in [0.25, 0.3) is 0 Å². The van der Waals surface area contributed by atoms with Gasteiger partial charge in [-0.15, -0.1) is 0 Å². The predicted molar refractivity (Wildman–Crippen MR) is 68.5 cm³/mol. The van der Waals surface area contributed by atoms with Gasteiger partial charge in [0.1, 0.15) is 5.82 Å². The molecule has 6 heteroatoms. The first-order valence-electron chi connectivity index (χ1n) is 6.44. The minimum absolute atomic E-state index is 0.193. The highest BCUT2D eigenvalue weighted by molar-refractivity contribution is 5.78. The summed E-state index contributed by atoms with van der Waals surface area (Å²) in [6.45, 7) is 3.28. The molecular formula is C12H22N4O2. The van der Waals surface area contributed by atoms with Gasteiger partial charge >= 0.3 is 0 Å². The molecule has 0 aromatic heterocycles. The average molecular weight is 254 g/mol. The van der Waals surface area contributed by atoms with Crippen molar-refractivity contribution < 1.29 is 9.53 Å². The van der Waals surface area contributed by atoms with Crippen LogP contribution in [0.25, 0.3) is 0 Å². The molecule has 18 heavy (non-hydrogen) atoms. The van der Waals surface area contributed by atoms with Crippen molar-refractivity contribution in [1.82, 2.24) is 20.7 Å². The number of ether oxygens (including phenoxy) is 1. The first-order valence-corrected chi connectivity index (χ1v) is 6.44. The van der Waals surface area contributed by atoms with E-state index in [1.807, 2.05) is 7.05 Å². The summed E-state index contributed by atoms with van der Waals surface area (Å²) in [5.74, 6) is 1.18. The number of carbonyl (C=O) groups is 1. The molecule has 0 aromatic carbocycles. The zero-order chi connectivity index (χ0) is 13.0. The first-order chi connectivity index (χ1) is 8.72. The Labute approximate surface area is 108 Å². The third kappa shape index (κ3) is 3.01. The number of methoxy groups -OCH3 is 1. The van der Waals surface area contributed by atoms with Gasteiger partial charge in [-0.3, -0.25) is 9.80 Å². The number of amides is 1. The molecule has 0 spiro atoms. The zero-order valence-electron chi connectivity index (χ0n) is 11.1. The van der Waals surface area contributed by atoms with Gasteiger partial charge in [-0.25, -0.2) is 5.43 Å². The Morgan fingerprint density at radius 2 is 2.44 bits per heavy atom. The minimum atomic E-state index is 0.193. The Morgan fingerprint density at radius 3 is 3.22 bits per heavy atom. The summed E-state index contributed by atoms with van der Waals surface area (Å²) in [6, 6.07) is 0.241. The van der Waals surface area contributed by atoms with Crippen molar-refractivity contribution in [2.24, 2.45) is 0 Å². The number of hydrogen-bond donors (Lipinski definition) is 2. The summed E-state index contributed by atoms with van der Waals surface area (Å²) in [7, 11) is 3.54. The second-order valence-electron chi connectivity index (χ2n) is 4.67. The lowest BCUT2D eigenvalue weighted by Crippen LogP contribution is -2.43. The van der Waals surface area contributed by atoms with E-state index >= 15 is 0 Å². The van der Waals surface area contributed by atoms with E-state index in [0.717, 1.165) is 31.9 Å². The van der Waals surface area contributed by atoms with Gasteiger partial charge in [0.15, 0.2) is 0 Å². The van der Waals surface area contributed by atoms with Crippen molar-refractivity contribution in [3.05, 3.63) is 11.9 Å². The van der Waals surface area contributed by atoms with Crippen LogP contribution in [0.5, 0.6) is 0 Å². The van der Waals surface area contributed by atoms with Gasteiger partial charge in [-0.1, -0.05) is 0 Å². The van der Waals surface area contributed by atoms with Crippen molar-refractivity contribution in [2.75, 3.05) is 40.4 Å². The molecule has 2 rings (SSSR count). The van der Waals surface area contributed by atoms with E-state index in [-0.39, 0.29) is 11.9 Å². The number of fused-ring (bicyclic) bond motifs is 1. The standard InChI is InChI=1S/C12H22N4O2/c1-15-11-8-10(9-13-5-7-18-2)14-16(11)6-3-4-12(15)17/h8,10,13-14H,3-7,9H2,1-2H3. The fourth-order valence-corrected chi connectivity index (χ4v) is 2.27. The molecule has 1 atom stereocenters. The molecule has 2 heterocycles. The summed E-state index contributed by atoms with van der Waals surface area (Å²) in [6.07, 6.45) is 3.64. The fourth-order valence-electron chi connectivity index (χ4n) is 2.27. The molecule has 2 aliphatic rings. The first kappa shape index (κ1) is 13.3. The molecular weight excluding hydrogens is 232 g/mol. The number of rotatable bonds is 5. The van der Waals surface area contributed by atoms with Crippen LogP contribution in [-0.4, -0.2) is 62.3 Å². The van der Waals surface area contributed by atoms with Crippen LogP contribution < -0.4 is 10.7 Å². The number of hydrogen-bond acceptors (Lipinski definition) is 5. The highest BCUT2D eigenvalue weighted by atomic mass is 16.5. The number of nitrogens with one attached hydrogen (secondary N) is 2. The van der Waals surface area contributed by atoms with Gasteiger partial charge in [0.05, 0.1) is 12.6 Å². The van der Waals surface area contributed by atoms with E-state index in [1.165, 1.54) is 0 Å². The molecule has 102 valence electrons. The highest BCUT2D eigenvalue weighted by Gasteiger charge is 2.29. The molecule has 1 saturated heterocycles. The molecule has 0 bridgehead atoms. The van der Waals surface area contributed by atoms with E-state index in [0.29, 0.717) is 13.0 Å². The van der Waals surface area contributed by atoms with Crippen LogP contribution >= 0.6 is 0 Å². The molecule has 0 aliphatic carbocycles. The number of nitrogens with zero attached hydrogens (tertiary/aromatic N) is 2. The van der Waals surface area contributed by atoms with Crippen LogP contribution in [0.2, 0.25) is 0 Å². The van der Waals surface area contributed by atoms with Crippen molar-refractivity contribution in [1.29, 1.82) is 0 Å². The molecule has 1 unspecified atom stereocenters. The molecule has 6 nitrogen and oxygen atoms in total. The predicted octanol–water partition coefficient (Wildman–Crippen LogP) is -0.495. The molecule has 2 aliphatic heterocycles. The maximum absolute atomic E-state index is 11.8. The van der Waals surface area contributed by atoms with Crippen LogP contribution in [0.15, 0.2) is 11.9 Å². The zero-order valence-corrected chi connectivity index (χ0v) is 11.1. The SMILES string of the molecule is COCCNCC1C=C2N(CCCC(=O)N2C)N1. The summed E-state index contributed by atoms with van der Waals surface area (Å²) >= 11 is 0. The lowest BCUT2D eigenvalue weighted by atomic mass is 10.3. The molecule has 2 N–H and O–H groups in total. The minimum Gasteiger partial charge on any atom is -0.383 e. The topological polar surface area (TPSA) is 56.8 Å². The van der Waals surface area contributed by atoms with Crippen molar-refractivity contribution in [3.63, 3.8) is 0 Å². The normalized spacial score (nSPS) is 24.0. The maximum Gasteiger partial charge on any atom is 0.227 e. The largest absolute Gasteiger partial charge is 0.383 e. The van der Waals surface area contributed by atoms with Gasteiger partial charge in [-0.05, 0) is 12.5 Å². The molecule has 1 amide bonds. The Hall–Kier alpha value is -1.11. The van der Waals surface area contributed by atoms with Crippen LogP contribution in [0.3, 0.4) is 0 Å². The van der Waals surface area contributed by atoms with Crippen LogP contribution in [0, 0.1) is 0 Å². The van der Waals surface area contributed by atoms with E-state index in [2.05, 4.69) is 21.8 Å². The fraction of sp³-hybridized carbons (Fsp3) is 0.750. The smallest absolute Gasteiger partial charge is 0.227 e. The summed E-state index contributed by atoms with van der Waals surface area (Å²) in [5.41, 5.74) is 3.40. The second-order valence-corrected chi connectivity index (χ2v) is 4.67. The average Bonchev–Trinajstić information content (AvgIpc) is 2.71. The summed E-state index contributed by atoms with van der Waals surface area (Å²) in [4.78, 5) is 13.5. The van der Waals surface area contributed by atoms with Gasteiger partial charge in [-0.2, -0.15) is 0 Å². The van der Waals surface area contributed by atoms with Crippen LogP contribution in [0.4, 0.5) is 0 Å². The van der Waals surface area contributed by atoms with Crippen molar-refractivity contribution in [3.8, 4) is 0 Å². The molecule has 0 aromatic rings. The maximum atomic E-state index is 11.8. The lowest BCUT2D eigenvalue weighted by molar-refractivity contribution is -0.128.